The minimum Gasteiger partial charge on any atom is -0.315 e. The van der Waals surface area contributed by atoms with E-state index in [4.69, 9.17) is 0 Å². The summed E-state index contributed by atoms with van der Waals surface area (Å²) < 4.78 is 0. The summed E-state index contributed by atoms with van der Waals surface area (Å²) in [6.45, 7) is 9.46. The van der Waals surface area contributed by atoms with Crippen molar-refractivity contribution in [1.82, 2.24) is 10.2 Å². The van der Waals surface area contributed by atoms with Gasteiger partial charge in [-0.2, -0.15) is 0 Å². The van der Waals surface area contributed by atoms with Crippen LogP contribution in [0.4, 0.5) is 0 Å². The molecule has 0 spiro atoms. The molecule has 1 aliphatic rings. The van der Waals surface area contributed by atoms with E-state index in [-0.39, 0.29) is 0 Å². The smallest absolute Gasteiger partial charge is 0.0271 e. The van der Waals surface area contributed by atoms with Crippen LogP contribution in [0.25, 0.3) is 0 Å². The van der Waals surface area contributed by atoms with Gasteiger partial charge in [-0.15, -0.1) is 0 Å². The monoisotopic (exact) mass is 240 g/mol. The number of rotatable bonds is 5. The molecule has 0 aliphatic heterocycles. The SMILES string of the molecule is CCC(CC)N(C)C1CCCC(C)(C)C1NC. The summed E-state index contributed by atoms with van der Waals surface area (Å²) in [5.74, 6) is 0. The van der Waals surface area contributed by atoms with E-state index >= 15 is 0 Å². The Kier molecular flexibility index (Phi) is 5.46. The van der Waals surface area contributed by atoms with Gasteiger partial charge in [-0.25, -0.2) is 0 Å². The van der Waals surface area contributed by atoms with Gasteiger partial charge in [0.2, 0.25) is 0 Å². The van der Waals surface area contributed by atoms with Gasteiger partial charge in [-0.3, -0.25) is 4.90 Å². The van der Waals surface area contributed by atoms with Crippen LogP contribution in [0.2, 0.25) is 0 Å². The summed E-state index contributed by atoms with van der Waals surface area (Å²) in [5, 5.41) is 3.59. The highest BCUT2D eigenvalue weighted by molar-refractivity contribution is 4.97. The van der Waals surface area contributed by atoms with E-state index < -0.39 is 0 Å². The van der Waals surface area contributed by atoms with Gasteiger partial charge in [0.15, 0.2) is 0 Å². The number of nitrogens with zero attached hydrogens (tertiary/aromatic N) is 1. The highest BCUT2D eigenvalue weighted by atomic mass is 15.2. The summed E-state index contributed by atoms with van der Waals surface area (Å²) in [4.78, 5) is 2.64. The molecule has 0 radical (unpaired) electrons. The van der Waals surface area contributed by atoms with Crippen molar-refractivity contribution in [3.8, 4) is 0 Å². The van der Waals surface area contributed by atoms with E-state index in [9.17, 15) is 0 Å². The van der Waals surface area contributed by atoms with Crippen LogP contribution in [-0.2, 0) is 0 Å². The van der Waals surface area contributed by atoms with E-state index in [0.717, 1.165) is 6.04 Å². The van der Waals surface area contributed by atoms with Gasteiger partial charge in [-0.05, 0) is 45.2 Å². The molecule has 17 heavy (non-hydrogen) atoms. The third-order valence-electron chi connectivity index (χ3n) is 4.90. The fourth-order valence-electron chi connectivity index (χ4n) is 3.77. The van der Waals surface area contributed by atoms with Crippen molar-refractivity contribution in [1.29, 1.82) is 0 Å². The molecule has 1 N–H and O–H groups in total. The van der Waals surface area contributed by atoms with Gasteiger partial charge >= 0.3 is 0 Å². The quantitative estimate of drug-likeness (QED) is 0.793. The first-order chi connectivity index (χ1) is 7.97. The minimum absolute atomic E-state index is 0.429. The van der Waals surface area contributed by atoms with Crippen molar-refractivity contribution in [3.05, 3.63) is 0 Å². The lowest BCUT2D eigenvalue weighted by Crippen LogP contribution is -2.58. The molecule has 1 saturated carbocycles. The number of likely N-dealkylation sites (N-methyl/N-ethyl adjacent to an activating group) is 2. The molecule has 2 unspecified atom stereocenters. The maximum Gasteiger partial charge on any atom is 0.0271 e. The molecule has 1 aliphatic carbocycles. The molecule has 2 nitrogen and oxygen atoms in total. The summed E-state index contributed by atoms with van der Waals surface area (Å²) >= 11 is 0. The lowest BCUT2D eigenvalue weighted by molar-refractivity contribution is 0.0410. The van der Waals surface area contributed by atoms with Crippen molar-refractivity contribution < 1.29 is 0 Å². The molecule has 102 valence electrons. The lowest BCUT2D eigenvalue weighted by Gasteiger charge is -2.49. The van der Waals surface area contributed by atoms with Crippen LogP contribution in [0, 0.1) is 5.41 Å². The van der Waals surface area contributed by atoms with Crippen molar-refractivity contribution in [2.24, 2.45) is 5.41 Å². The third kappa shape index (κ3) is 3.23. The maximum atomic E-state index is 3.59. The molecule has 1 fully saturated rings. The van der Waals surface area contributed by atoms with Crippen LogP contribution < -0.4 is 5.32 Å². The van der Waals surface area contributed by atoms with Gasteiger partial charge in [0, 0.05) is 18.1 Å². The number of nitrogens with one attached hydrogen (secondary N) is 1. The zero-order chi connectivity index (χ0) is 13.1. The Morgan fingerprint density at radius 1 is 1.29 bits per heavy atom. The molecular formula is C15H32N2. The van der Waals surface area contributed by atoms with Crippen LogP contribution in [-0.4, -0.2) is 37.1 Å². The largest absolute Gasteiger partial charge is 0.315 e. The van der Waals surface area contributed by atoms with Crippen molar-refractivity contribution in [2.45, 2.75) is 77.9 Å². The Hall–Kier alpha value is -0.0800. The molecule has 0 aromatic rings. The first kappa shape index (κ1) is 15.0. The summed E-state index contributed by atoms with van der Waals surface area (Å²) in [7, 11) is 4.46. The van der Waals surface area contributed by atoms with Crippen molar-refractivity contribution in [2.75, 3.05) is 14.1 Å². The predicted octanol–water partition coefficient (Wildman–Crippen LogP) is 3.27. The second-order valence-corrected chi connectivity index (χ2v) is 6.35. The Bertz CT molecular complexity index is 221. The fourth-order valence-corrected chi connectivity index (χ4v) is 3.77. The van der Waals surface area contributed by atoms with Crippen LogP contribution in [0.15, 0.2) is 0 Å². The molecular weight excluding hydrogens is 208 g/mol. The summed E-state index contributed by atoms with van der Waals surface area (Å²) in [6, 6.07) is 2.07. The van der Waals surface area contributed by atoms with E-state index in [1.165, 1.54) is 32.1 Å². The third-order valence-corrected chi connectivity index (χ3v) is 4.90. The Labute approximate surface area is 108 Å². The van der Waals surface area contributed by atoms with Crippen LogP contribution in [0.1, 0.15) is 59.8 Å². The average molecular weight is 240 g/mol. The van der Waals surface area contributed by atoms with Gasteiger partial charge in [0.1, 0.15) is 0 Å². The minimum atomic E-state index is 0.429. The molecule has 0 aromatic carbocycles. The van der Waals surface area contributed by atoms with Crippen molar-refractivity contribution >= 4 is 0 Å². The number of hydrogen-bond donors (Lipinski definition) is 1. The second-order valence-electron chi connectivity index (χ2n) is 6.35. The zero-order valence-corrected chi connectivity index (χ0v) is 12.7. The maximum absolute atomic E-state index is 3.59. The Morgan fingerprint density at radius 3 is 2.35 bits per heavy atom. The second kappa shape index (κ2) is 6.19. The highest BCUT2D eigenvalue weighted by Gasteiger charge is 2.40. The predicted molar refractivity (Wildman–Crippen MR) is 76.4 cm³/mol. The zero-order valence-electron chi connectivity index (χ0n) is 12.7. The normalized spacial score (nSPS) is 28.9. The van der Waals surface area contributed by atoms with Crippen LogP contribution in [0.3, 0.4) is 0 Å². The van der Waals surface area contributed by atoms with Crippen LogP contribution in [0.5, 0.6) is 0 Å². The van der Waals surface area contributed by atoms with Crippen molar-refractivity contribution in [3.63, 3.8) is 0 Å². The molecule has 0 amide bonds. The summed E-state index contributed by atoms with van der Waals surface area (Å²) in [5.41, 5.74) is 0.429. The molecule has 2 atom stereocenters. The number of hydrogen-bond acceptors (Lipinski definition) is 2. The lowest BCUT2D eigenvalue weighted by atomic mass is 9.70. The van der Waals surface area contributed by atoms with E-state index in [1.807, 2.05) is 0 Å². The topological polar surface area (TPSA) is 15.3 Å². The van der Waals surface area contributed by atoms with E-state index in [0.29, 0.717) is 17.5 Å². The molecule has 0 bridgehead atoms. The molecule has 0 aromatic heterocycles. The molecule has 1 rings (SSSR count). The molecule has 2 heteroatoms. The fraction of sp³-hybridized carbons (Fsp3) is 1.00. The van der Waals surface area contributed by atoms with Gasteiger partial charge in [-0.1, -0.05) is 34.1 Å². The van der Waals surface area contributed by atoms with Gasteiger partial charge in [0.05, 0.1) is 0 Å². The summed E-state index contributed by atoms with van der Waals surface area (Å²) in [6.07, 6.45) is 6.61. The standard InChI is InChI=1S/C15H32N2/c1-7-12(8-2)17(6)13-10-9-11-15(3,4)14(13)16-5/h12-14,16H,7-11H2,1-6H3. The van der Waals surface area contributed by atoms with Gasteiger partial charge in [0.25, 0.3) is 0 Å². The Balaban J connectivity index is 2.79. The average Bonchev–Trinajstić information content (AvgIpc) is 2.28. The first-order valence-corrected chi connectivity index (χ1v) is 7.37. The van der Waals surface area contributed by atoms with Crippen LogP contribution >= 0.6 is 0 Å². The highest BCUT2D eigenvalue weighted by Crippen LogP contribution is 2.38. The van der Waals surface area contributed by atoms with E-state index in [1.54, 1.807) is 0 Å². The molecule has 0 heterocycles. The van der Waals surface area contributed by atoms with E-state index in [2.05, 4.69) is 52.0 Å². The Morgan fingerprint density at radius 2 is 1.88 bits per heavy atom. The molecule has 0 saturated heterocycles. The van der Waals surface area contributed by atoms with Gasteiger partial charge < -0.3 is 5.32 Å². The first-order valence-electron chi connectivity index (χ1n) is 7.37.